The fraction of sp³-hybridized carbons (Fsp3) is 0.136. The van der Waals surface area contributed by atoms with Crippen LogP contribution in [0.1, 0.15) is 16.2 Å². The first kappa shape index (κ1) is 20.7. The van der Waals surface area contributed by atoms with Gasteiger partial charge in [-0.25, -0.2) is 14.2 Å². The third-order valence-electron chi connectivity index (χ3n) is 5.15. The summed E-state index contributed by atoms with van der Waals surface area (Å²) in [5.41, 5.74) is 4.02. The van der Waals surface area contributed by atoms with E-state index in [0.29, 0.717) is 22.1 Å². The maximum Gasteiger partial charge on any atom is 0.276 e. The van der Waals surface area contributed by atoms with Crippen molar-refractivity contribution in [2.45, 2.75) is 13.7 Å². The van der Waals surface area contributed by atoms with Gasteiger partial charge in [-0.1, -0.05) is 17.7 Å². The van der Waals surface area contributed by atoms with Crippen LogP contribution in [0.2, 0.25) is 5.02 Å². The lowest BCUT2D eigenvalue weighted by molar-refractivity contribution is 0.102. The molecule has 0 aliphatic rings. The highest BCUT2D eigenvalue weighted by Gasteiger charge is 2.17. The molecule has 11 heteroatoms. The summed E-state index contributed by atoms with van der Waals surface area (Å²) in [6, 6.07) is 10.6. The second-order valence-electron chi connectivity index (χ2n) is 7.35. The van der Waals surface area contributed by atoms with Gasteiger partial charge in [0.15, 0.2) is 18.1 Å². The zero-order chi connectivity index (χ0) is 22.9. The van der Waals surface area contributed by atoms with Crippen LogP contribution in [0, 0.1) is 6.92 Å². The van der Waals surface area contributed by atoms with Gasteiger partial charge in [0.25, 0.3) is 5.91 Å². The Labute approximate surface area is 193 Å². The van der Waals surface area contributed by atoms with Crippen LogP contribution in [0.25, 0.3) is 16.9 Å². The van der Waals surface area contributed by atoms with Gasteiger partial charge in [0.2, 0.25) is 0 Å². The first-order valence-electron chi connectivity index (χ1n) is 10.0. The molecule has 0 radical (unpaired) electrons. The van der Waals surface area contributed by atoms with E-state index in [1.807, 2.05) is 20.0 Å². The van der Waals surface area contributed by atoms with Crippen molar-refractivity contribution in [3.63, 3.8) is 0 Å². The topological polar surface area (TPSA) is 104 Å². The van der Waals surface area contributed by atoms with E-state index in [-0.39, 0.29) is 18.3 Å². The minimum atomic E-state index is -0.371. The van der Waals surface area contributed by atoms with E-state index in [4.69, 9.17) is 16.3 Å². The van der Waals surface area contributed by atoms with Gasteiger partial charge in [-0.3, -0.25) is 9.48 Å². The van der Waals surface area contributed by atoms with Crippen molar-refractivity contribution in [1.29, 1.82) is 0 Å². The molecule has 10 nitrogen and oxygen atoms in total. The molecule has 0 bridgehead atoms. The van der Waals surface area contributed by atoms with E-state index >= 15 is 0 Å². The predicted octanol–water partition coefficient (Wildman–Crippen LogP) is 3.58. The van der Waals surface area contributed by atoms with Crippen LogP contribution in [-0.2, 0) is 13.8 Å². The lowest BCUT2D eigenvalue weighted by Crippen LogP contribution is -2.12. The quantitative estimate of drug-likeness (QED) is 0.413. The number of fused-ring (bicyclic) bond motifs is 1. The molecule has 33 heavy (non-hydrogen) atoms. The first-order chi connectivity index (χ1) is 16.0. The molecule has 0 unspecified atom stereocenters. The fourth-order valence-electron chi connectivity index (χ4n) is 3.35. The monoisotopic (exact) mass is 462 g/mol. The van der Waals surface area contributed by atoms with Gasteiger partial charge in [0.1, 0.15) is 5.75 Å². The molecule has 166 valence electrons. The number of anilines is 1. The summed E-state index contributed by atoms with van der Waals surface area (Å²) < 4.78 is 10.6. The number of amides is 1. The number of carbonyl (C=O) groups is 1. The maximum atomic E-state index is 12.8. The molecule has 1 amide bonds. The molecule has 1 N–H and O–H groups in total. The zero-order valence-electron chi connectivity index (χ0n) is 17.8. The average molecular weight is 463 g/mol. The average Bonchev–Trinajstić information content (AvgIpc) is 3.52. The lowest BCUT2D eigenvalue weighted by Gasteiger charge is -2.06. The second-order valence-corrected chi connectivity index (χ2v) is 7.79. The van der Waals surface area contributed by atoms with Gasteiger partial charge in [-0.2, -0.15) is 15.3 Å². The Bertz CT molecular complexity index is 1470. The molecule has 0 atom stereocenters. The van der Waals surface area contributed by atoms with Gasteiger partial charge in [0, 0.05) is 35.6 Å². The van der Waals surface area contributed by atoms with Crippen LogP contribution in [0.3, 0.4) is 0 Å². The normalized spacial score (nSPS) is 11.1. The third kappa shape index (κ3) is 4.15. The molecule has 4 aromatic heterocycles. The largest absolute Gasteiger partial charge is 0.471 e. The van der Waals surface area contributed by atoms with Gasteiger partial charge >= 0.3 is 0 Å². The number of aryl methyl sites for hydroxylation is 1. The van der Waals surface area contributed by atoms with Crippen molar-refractivity contribution in [3.05, 3.63) is 77.6 Å². The zero-order valence-corrected chi connectivity index (χ0v) is 18.6. The van der Waals surface area contributed by atoms with E-state index in [9.17, 15) is 4.79 Å². The van der Waals surface area contributed by atoms with Crippen molar-refractivity contribution in [2.75, 3.05) is 5.32 Å². The Kier molecular flexibility index (Phi) is 5.27. The maximum absolute atomic E-state index is 12.8. The molecule has 5 rings (SSSR count). The lowest BCUT2D eigenvalue weighted by atomic mass is 10.2. The second kappa shape index (κ2) is 8.40. The van der Waals surface area contributed by atoms with Gasteiger partial charge in [0.05, 0.1) is 30.0 Å². The molecule has 0 spiro atoms. The molecule has 0 saturated carbocycles. The van der Waals surface area contributed by atoms with Crippen molar-refractivity contribution in [3.8, 4) is 17.0 Å². The molecule has 0 aliphatic carbocycles. The third-order valence-corrected chi connectivity index (χ3v) is 5.39. The Balaban J connectivity index is 1.32. The number of rotatable bonds is 6. The molecule has 5 aromatic rings. The highest BCUT2D eigenvalue weighted by atomic mass is 35.5. The van der Waals surface area contributed by atoms with E-state index in [1.54, 1.807) is 62.8 Å². The van der Waals surface area contributed by atoms with E-state index in [2.05, 4.69) is 25.6 Å². The van der Waals surface area contributed by atoms with Crippen LogP contribution >= 0.6 is 11.6 Å². The summed E-state index contributed by atoms with van der Waals surface area (Å²) in [6.07, 6.45) is 6.66. The van der Waals surface area contributed by atoms with E-state index < -0.39 is 0 Å². The van der Waals surface area contributed by atoms with Crippen molar-refractivity contribution in [2.24, 2.45) is 7.05 Å². The highest BCUT2D eigenvalue weighted by Crippen LogP contribution is 2.23. The number of nitrogens with zero attached hydrogens (tertiary/aromatic N) is 7. The van der Waals surface area contributed by atoms with Gasteiger partial charge in [-0.05, 0) is 31.2 Å². The summed E-state index contributed by atoms with van der Waals surface area (Å²) in [5, 5.41) is 16.4. The first-order valence-corrected chi connectivity index (χ1v) is 10.4. The number of benzene rings is 1. The smallest absolute Gasteiger partial charge is 0.276 e. The van der Waals surface area contributed by atoms with Crippen LogP contribution in [0.15, 0.2) is 61.2 Å². The Hall–Kier alpha value is -4.18. The van der Waals surface area contributed by atoms with E-state index in [1.165, 1.54) is 6.20 Å². The van der Waals surface area contributed by atoms with Crippen molar-refractivity contribution < 1.29 is 9.53 Å². The summed E-state index contributed by atoms with van der Waals surface area (Å²) in [6.45, 7) is 2.14. The Morgan fingerprint density at radius 3 is 2.85 bits per heavy atom. The summed E-state index contributed by atoms with van der Waals surface area (Å²) in [7, 11) is 1.87. The minimum Gasteiger partial charge on any atom is -0.471 e. The molecule has 0 aliphatic heterocycles. The standard InChI is InChI=1S/C22H19ClN8O2/c1-14-18(11-25-29(14)2)20-6-7-24-21-9-19(28-31(20)21)22(32)27-16-10-26-30(12-16)13-33-17-5-3-4-15(23)8-17/h3-12H,13H2,1-2H3,(H,27,32). The summed E-state index contributed by atoms with van der Waals surface area (Å²) in [5.74, 6) is 0.255. The number of carbonyl (C=O) groups excluding carboxylic acids is 1. The molecular weight excluding hydrogens is 444 g/mol. The highest BCUT2D eigenvalue weighted by molar-refractivity contribution is 6.30. The van der Waals surface area contributed by atoms with Crippen LogP contribution in [0.5, 0.6) is 5.75 Å². The van der Waals surface area contributed by atoms with Gasteiger partial charge in [-0.15, -0.1) is 0 Å². The molecule has 0 fully saturated rings. The summed E-state index contributed by atoms with van der Waals surface area (Å²) in [4.78, 5) is 17.1. The Morgan fingerprint density at radius 2 is 2.06 bits per heavy atom. The van der Waals surface area contributed by atoms with Crippen LogP contribution < -0.4 is 10.1 Å². The predicted molar refractivity (Wildman–Crippen MR) is 122 cm³/mol. The molecular formula is C22H19ClN8O2. The van der Waals surface area contributed by atoms with Crippen molar-refractivity contribution >= 4 is 28.8 Å². The van der Waals surface area contributed by atoms with Gasteiger partial charge < -0.3 is 10.1 Å². The molecule has 0 saturated heterocycles. The number of hydrogen-bond acceptors (Lipinski definition) is 6. The van der Waals surface area contributed by atoms with E-state index in [0.717, 1.165) is 17.0 Å². The number of nitrogens with one attached hydrogen (secondary N) is 1. The van der Waals surface area contributed by atoms with Crippen LogP contribution in [0.4, 0.5) is 5.69 Å². The number of halogens is 1. The van der Waals surface area contributed by atoms with Crippen molar-refractivity contribution in [1.82, 2.24) is 34.2 Å². The minimum absolute atomic E-state index is 0.169. The number of ether oxygens (including phenoxy) is 1. The fourth-order valence-corrected chi connectivity index (χ4v) is 3.53. The summed E-state index contributed by atoms with van der Waals surface area (Å²) >= 11 is 5.96. The van der Waals surface area contributed by atoms with Crippen LogP contribution in [-0.4, -0.2) is 40.1 Å². The SMILES string of the molecule is Cc1c(-c2ccnc3cc(C(=O)Nc4cnn(COc5cccc(Cl)c5)c4)nn23)cnn1C. The number of aromatic nitrogens is 7. The number of hydrogen-bond donors (Lipinski definition) is 1. The molecule has 1 aromatic carbocycles. The Morgan fingerprint density at radius 1 is 1.18 bits per heavy atom. The molecule has 4 heterocycles.